The van der Waals surface area contributed by atoms with E-state index >= 15 is 0 Å². The van der Waals surface area contributed by atoms with Crippen LogP contribution in [-0.4, -0.2) is 24.5 Å². The molecule has 0 saturated carbocycles. The van der Waals surface area contributed by atoms with Crippen molar-refractivity contribution in [1.29, 1.82) is 0 Å². The first kappa shape index (κ1) is 15.7. The minimum Gasteiger partial charge on any atom is -0.397 e. The zero-order chi connectivity index (χ0) is 14.7. The first-order chi connectivity index (χ1) is 9.52. The molecule has 20 heavy (non-hydrogen) atoms. The Morgan fingerprint density at radius 1 is 1.55 bits per heavy atom. The predicted molar refractivity (Wildman–Crippen MR) is 93.8 cm³/mol. The summed E-state index contributed by atoms with van der Waals surface area (Å²) in [4.78, 5) is 12.8. The molecule has 3 N–H and O–H groups in total. The Hall–Kier alpha value is -0.720. The third kappa shape index (κ3) is 3.48. The van der Waals surface area contributed by atoms with Crippen molar-refractivity contribution in [3.05, 3.63) is 27.5 Å². The van der Waals surface area contributed by atoms with Gasteiger partial charge in [0, 0.05) is 21.1 Å². The fraction of sp³-hybridized carbons (Fsp3) is 0.357. The van der Waals surface area contributed by atoms with Gasteiger partial charge < -0.3 is 11.1 Å². The smallest absolute Gasteiger partial charge is 0.263 e. The number of hydrogen-bond acceptors (Lipinski definition) is 4. The number of nitrogen functional groups attached to an aromatic ring is 1. The summed E-state index contributed by atoms with van der Waals surface area (Å²) in [7, 11) is 0. The Kier molecular flexibility index (Phi) is 5.35. The van der Waals surface area contributed by atoms with Crippen molar-refractivity contribution in [1.82, 2.24) is 5.32 Å². The first-order valence-electron chi connectivity index (χ1n) is 6.27. The van der Waals surface area contributed by atoms with E-state index in [-0.39, 0.29) is 5.91 Å². The van der Waals surface area contributed by atoms with Gasteiger partial charge in [0.25, 0.3) is 5.91 Å². The number of thioether (sulfide) groups is 1. The monoisotopic (exact) mass is 372 g/mol. The number of fused-ring (bicyclic) bond motifs is 1. The molecule has 0 aliphatic rings. The molecule has 3 nitrogen and oxygen atoms in total. The van der Waals surface area contributed by atoms with E-state index in [2.05, 4.69) is 34.4 Å². The Labute approximate surface area is 135 Å². The molecular weight excluding hydrogens is 356 g/mol. The van der Waals surface area contributed by atoms with Gasteiger partial charge in [-0.3, -0.25) is 4.79 Å². The van der Waals surface area contributed by atoms with Gasteiger partial charge in [-0.15, -0.1) is 11.3 Å². The lowest BCUT2D eigenvalue weighted by atomic mass is 10.2. The van der Waals surface area contributed by atoms with Crippen molar-refractivity contribution in [3.63, 3.8) is 0 Å². The lowest BCUT2D eigenvalue weighted by molar-refractivity contribution is 0.0954. The fourth-order valence-corrected chi connectivity index (χ4v) is 4.23. The second-order valence-corrected chi connectivity index (χ2v) is 7.63. The maximum absolute atomic E-state index is 12.2. The highest BCUT2D eigenvalue weighted by Crippen LogP contribution is 2.35. The van der Waals surface area contributed by atoms with E-state index in [0.717, 1.165) is 20.3 Å². The summed E-state index contributed by atoms with van der Waals surface area (Å²) < 4.78 is 2.02. The number of carbonyl (C=O) groups is 1. The Balaban J connectivity index is 2.16. The van der Waals surface area contributed by atoms with Gasteiger partial charge in [-0.25, -0.2) is 0 Å². The Bertz CT molecular complexity index is 627. The molecule has 0 spiro atoms. The second kappa shape index (κ2) is 6.83. The van der Waals surface area contributed by atoms with Gasteiger partial charge in [0.2, 0.25) is 0 Å². The number of amides is 1. The number of nitrogens with two attached hydrogens (primary N) is 1. The maximum atomic E-state index is 12.2. The van der Waals surface area contributed by atoms with Gasteiger partial charge in [-0.2, -0.15) is 11.8 Å². The quantitative estimate of drug-likeness (QED) is 0.834. The third-order valence-electron chi connectivity index (χ3n) is 2.96. The van der Waals surface area contributed by atoms with Crippen LogP contribution in [0.5, 0.6) is 0 Å². The van der Waals surface area contributed by atoms with Crippen molar-refractivity contribution in [2.24, 2.45) is 5.92 Å². The van der Waals surface area contributed by atoms with Gasteiger partial charge >= 0.3 is 0 Å². The molecule has 1 aromatic heterocycles. The zero-order valence-corrected chi connectivity index (χ0v) is 14.6. The van der Waals surface area contributed by atoms with Gasteiger partial charge in [-0.05, 0) is 30.1 Å². The maximum Gasteiger partial charge on any atom is 0.263 e. The first-order valence-corrected chi connectivity index (χ1v) is 9.28. The molecule has 6 heteroatoms. The predicted octanol–water partition coefficient (Wildman–Crippen LogP) is 3.97. The van der Waals surface area contributed by atoms with Crippen LogP contribution in [0, 0.1) is 5.92 Å². The fourth-order valence-electron chi connectivity index (χ4n) is 1.95. The highest BCUT2D eigenvalue weighted by atomic mass is 79.9. The molecule has 0 aliphatic heterocycles. The number of thiophene rings is 1. The van der Waals surface area contributed by atoms with Crippen LogP contribution in [0.15, 0.2) is 22.7 Å². The van der Waals surface area contributed by atoms with Gasteiger partial charge in [0.1, 0.15) is 4.88 Å². The molecule has 0 radical (unpaired) electrons. The summed E-state index contributed by atoms with van der Waals surface area (Å²) in [6.07, 6.45) is 2.07. The number of benzene rings is 1. The lowest BCUT2D eigenvalue weighted by Crippen LogP contribution is -2.28. The van der Waals surface area contributed by atoms with Gasteiger partial charge in [0.15, 0.2) is 0 Å². The topological polar surface area (TPSA) is 55.1 Å². The summed E-state index contributed by atoms with van der Waals surface area (Å²) in [6, 6.07) is 5.87. The molecule has 1 heterocycles. The van der Waals surface area contributed by atoms with E-state index < -0.39 is 0 Å². The van der Waals surface area contributed by atoms with Crippen molar-refractivity contribution in [2.75, 3.05) is 24.3 Å². The molecule has 1 amide bonds. The molecule has 2 aromatic rings. The number of nitrogens with one attached hydrogen (secondary N) is 1. The van der Waals surface area contributed by atoms with Crippen LogP contribution in [0.3, 0.4) is 0 Å². The van der Waals surface area contributed by atoms with E-state index in [9.17, 15) is 4.79 Å². The molecule has 1 atom stereocenters. The van der Waals surface area contributed by atoms with Crippen LogP contribution in [-0.2, 0) is 0 Å². The van der Waals surface area contributed by atoms with Crippen molar-refractivity contribution < 1.29 is 4.79 Å². The third-order valence-corrected chi connectivity index (χ3v) is 5.52. The Morgan fingerprint density at radius 2 is 2.30 bits per heavy atom. The van der Waals surface area contributed by atoms with E-state index in [1.54, 1.807) is 11.8 Å². The van der Waals surface area contributed by atoms with Crippen LogP contribution >= 0.6 is 39.0 Å². The van der Waals surface area contributed by atoms with E-state index in [4.69, 9.17) is 5.73 Å². The molecule has 0 saturated heterocycles. The highest BCUT2D eigenvalue weighted by Gasteiger charge is 2.16. The normalized spacial score (nSPS) is 12.6. The molecule has 0 bridgehead atoms. The largest absolute Gasteiger partial charge is 0.397 e. The minimum absolute atomic E-state index is 0.0761. The molecular formula is C14H17BrN2OS2. The van der Waals surface area contributed by atoms with Gasteiger partial charge in [-0.1, -0.05) is 28.9 Å². The zero-order valence-electron chi connectivity index (χ0n) is 11.4. The van der Waals surface area contributed by atoms with Crippen molar-refractivity contribution >= 4 is 60.7 Å². The van der Waals surface area contributed by atoms with E-state index in [1.807, 2.05) is 18.2 Å². The summed E-state index contributed by atoms with van der Waals surface area (Å²) in [5, 5.41) is 3.91. The van der Waals surface area contributed by atoms with Crippen LogP contribution in [0.2, 0.25) is 0 Å². The summed E-state index contributed by atoms with van der Waals surface area (Å²) >= 11 is 6.66. The van der Waals surface area contributed by atoms with Crippen molar-refractivity contribution in [2.45, 2.75) is 6.92 Å². The number of rotatable bonds is 5. The van der Waals surface area contributed by atoms with Crippen LogP contribution in [0.25, 0.3) is 10.1 Å². The molecule has 0 aliphatic carbocycles. The molecule has 1 unspecified atom stereocenters. The number of hydrogen-bond donors (Lipinski definition) is 2. The average molecular weight is 373 g/mol. The van der Waals surface area contributed by atoms with Crippen LogP contribution < -0.4 is 11.1 Å². The summed E-state index contributed by atoms with van der Waals surface area (Å²) in [5.41, 5.74) is 6.66. The lowest BCUT2D eigenvalue weighted by Gasteiger charge is -2.10. The standard InChI is InChI=1S/C14H17BrN2OS2/c1-8(7-19-2)6-17-14(18)13-12(16)10-4-3-9(15)5-11(10)20-13/h3-5,8H,6-7,16H2,1-2H3,(H,17,18). The molecule has 1 aromatic carbocycles. The SMILES string of the molecule is CSCC(C)CNC(=O)c1sc2cc(Br)ccc2c1N. The van der Waals surface area contributed by atoms with Gasteiger partial charge in [0.05, 0.1) is 5.69 Å². The van der Waals surface area contributed by atoms with E-state index in [0.29, 0.717) is 23.0 Å². The molecule has 2 rings (SSSR count). The number of carbonyl (C=O) groups excluding carboxylic acids is 1. The van der Waals surface area contributed by atoms with Crippen LogP contribution in [0.1, 0.15) is 16.6 Å². The highest BCUT2D eigenvalue weighted by molar-refractivity contribution is 9.10. The minimum atomic E-state index is -0.0761. The second-order valence-electron chi connectivity index (χ2n) is 4.76. The van der Waals surface area contributed by atoms with E-state index in [1.165, 1.54) is 11.3 Å². The Morgan fingerprint density at radius 3 is 3.00 bits per heavy atom. The number of anilines is 1. The summed E-state index contributed by atoms with van der Waals surface area (Å²) in [6.45, 7) is 2.80. The molecule has 108 valence electrons. The number of halogens is 1. The average Bonchev–Trinajstić information content (AvgIpc) is 2.73. The van der Waals surface area contributed by atoms with Crippen molar-refractivity contribution in [3.8, 4) is 0 Å². The molecule has 0 fully saturated rings. The summed E-state index contributed by atoms with van der Waals surface area (Å²) in [5.74, 6) is 1.42. The van der Waals surface area contributed by atoms with Crippen LogP contribution in [0.4, 0.5) is 5.69 Å².